The molecule has 0 radical (unpaired) electrons. The summed E-state index contributed by atoms with van der Waals surface area (Å²) in [6.07, 6.45) is 1.96. The van der Waals surface area contributed by atoms with Gasteiger partial charge in [-0.3, -0.25) is 0 Å². The van der Waals surface area contributed by atoms with E-state index >= 15 is 0 Å². The molecule has 0 aromatic heterocycles. The molecule has 0 bridgehead atoms. The molecule has 0 amide bonds. The maximum atomic E-state index is 8.26. The molecular weight excluding hydrogens is 180 g/mol. The van der Waals surface area contributed by atoms with Gasteiger partial charge in [-0.15, -0.1) is 0 Å². The summed E-state index contributed by atoms with van der Waals surface area (Å²) in [7, 11) is 0. The summed E-state index contributed by atoms with van der Waals surface area (Å²) in [6.45, 7) is 0.898. The second kappa shape index (κ2) is 6.44. The molecule has 1 rings (SSSR count). The lowest BCUT2D eigenvalue weighted by Gasteiger charge is -2.10. The Morgan fingerprint density at radius 2 is 2.27 bits per heavy atom. The Hall–Kier alpha value is -1.04. The lowest BCUT2D eigenvalue weighted by Crippen LogP contribution is -1.94. The molecule has 0 nitrogen and oxygen atoms in total. The maximum absolute atomic E-state index is 8.26. The molecule has 15 heavy (non-hydrogen) atoms. The number of rotatable bonds is 5. The Kier molecular flexibility index (Phi) is 3.12. The average Bonchev–Trinajstić information content (AvgIpc) is 2.46. The zero-order valence-corrected chi connectivity index (χ0v) is 9.21. The van der Waals surface area contributed by atoms with E-state index in [-0.39, 0.29) is 12.8 Å². The SMILES string of the molecule is [2H]CC/C(CC(C[2H])CC[2H])=C(\[2H])c1ccccc1. The molecule has 0 spiro atoms. The van der Waals surface area contributed by atoms with Crippen LogP contribution in [0, 0.1) is 5.92 Å². The van der Waals surface area contributed by atoms with Crippen molar-refractivity contribution in [3.05, 3.63) is 41.5 Å². The summed E-state index contributed by atoms with van der Waals surface area (Å²) >= 11 is 0. The summed E-state index contributed by atoms with van der Waals surface area (Å²) in [5.41, 5.74) is 1.83. The minimum absolute atomic E-state index is 0.142. The number of benzene rings is 1. The van der Waals surface area contributed by atoms with Gasteiger partial charge >= 0.3 is 0 Å². The average molecular weight is 206 g/mol. The lowest BCUT2D eigenvalue weighted by atomic mass is 9.96. The third-order valence-electron chi connectivity index (χ3n) is 2.34. The topological polar surface area (TPSA) is 0 Å². The minimum atomic E-state index is 0.142. The Morgan fingerprint density at radius 3 is 2.93 bits per heavy atom. The van der Waals surface area contributed by atoms with E-state index in [1.807, 2.05) is 30.3 Å². The Bertz CT molecular complexity index is 386. The molecule has 0 aliphatic heterocycles. The summed E-state index contributed by atoms with van der Waals surface area (Å²) in [5, 5.41) is 0. The van der Waals surface area contributed by atoms with Gasteiger partial charge in [-0.05, 0) is 24.3 Å². The van der Waals surface area contributed by atoms with Crippen LogP contribution < -0.4 is 0 Å². The molecule has 0 fully saturated rings. The highest BCUT2D eigenvalue weighted by atomic mass is 14.1. The van der Waals surface area contributed by atoms with Gasteiger partial charge in [0.2, 0.25) is 0 Å². The van der Waals surface area contributed by atoms with Crippen LogP contribution in [0.4, 0.5) is 0 Å². The predicted molar refractivity (Wildman–Crippen MR) is 68.8 cm³/mol. The second-order valence-electron chi connectivity index (χ2n) is 3.70. The fourth-order valence-electron chi connectivity index (χ4n) is 1.39. The molecule has 1 aromatic rings. The lowest BCUT2D eigenvalue weighted by molar-refractivity contribution is 0.552. The van der Waals surface area contributed by atoms with Gasteiger partial charge in [0.05, 0.1) is 1.37 Å². The van der Waals surface area contributed by atoms with Crippen LogP contribution >= 0.6 is 0 Å². The van der Waals surface area contributed by atoms with Crippen LogP contribution in [0.2, 0.25) is 0 Å². The molecule has 1 unspecified atom stereocenters. The van der Waals surface area contributed by atoms with Crippen LogP contribution in [-0.2, 0) is 0 Å². The van der Waals surface area contributed by atoms with Crippen molar-refractivity contribution in [3.8, 4) is 0 Å². The molecule has 1 aromatic carbocycles. The van der Waals surface area contributed by atoms with Gasteiger partial charge in [-0.25, -0.2) is 0 Å². The first-order chi connectivity index (χ1) is 9.22. The maximum Gasteiger partial charge on any atom is 0.0629 e. The largest absolute Gasteiger partial charge is 0.0696 e. The van der Waals surface area contributed by atoms with Crippen molar-refractivity contribution >= 4 is 6.05 Å². The van der Waals surface area contributed by atoms with E-state index in [9.17, 15) is 0 Å². The van der Waals surface area contributed by atoms with Crippen molar-refractivity contribution < 1.29 is 5.48 Å². The van der Waals surface area contributed by atoms with E-state index < -0.39 is 0 Å². The van der Waals surface area contributed by atoms with Gasteiger partial charge in [0.1, 0.15) is 0 Å². The number of allylic oxidation sites excluding steroid dienone is 1. The number of hydrogen-bond acceptors (Lipinski definition) is 0. The molecule has 0 saturated carbocycles. The van der Waals surface area contributed by atoms with Crippen LogP contribution in [0.15, 0.2) is 35.9 Å². The van der Waals surface area contributed by atoms with E-state index in [1.165, 1.54) is 0 Å². The smallest absolute Gasteiger partial charge is 0.0629 e. The normalized spacial score (nSPS) is 18.1. The summed E-state index contributed by atoms with van der Waals surface area (Å²) in [5.74, 6) is 0.142. The van der Waals surface area contributed by atoms with E-state index in [4.69, 9.17) is 5.48 Å². The number of hydrogen-bond donors (Lipinski definition) is 0. The molecular formula is C15H22. The highest BCUT2D eigenvalue weighted by Crippen LogP contribution is 2.19. The van der Waals surface area contributed by atoms with Crippen LogP contribution in [0.5, 0.6) is 0 Å². The predicted octanol–water partition coefficient (Wildman–Crippen LogP) is 4.92. The van der Waals surface area contributed by atoms with Crippen molar-refractivity contribution in [2.45, 2.75) is 40.0 Å². The van der Waals surface area contributed by atoms with E-state index in [2.05, 4.69) is 0 Å². The molecule has 82 valence electrons. The van der Waals surface area contributed by atoms with Gasteiger partial charge in [-0.1, -0.05) is 69.1 Å². The molecule has 0 aliphatic rings. The molecule has 1 atom stereocenters. The van der Waals surface area contributed by atoms with E-state index in [0.29, 0.717) is 39.1 Å². The van der Waals surface area contributed by atoms with Crippen molar-refractivity contribution in [2.24, 2.45) is 5.92 Å². The van der Waals surface area contributed by atoms with Gasteiger partial charge in [0.15, 0.2) is 0 Å². The van der Waals surface area contributed by atoms with Gasteiger partial charge in [0, 0.05) is 4.11 Å². The molecule has 0 heterocycles. The zero-order chi connectivity index (χ0) is 14.1. The van der Waals surface area contributed by atoms with Crippen molar-refractivity contribution in [1.82, 2.24) is 0 Å². The van der Waals surface area contributed by atoms with Crippen molar-refractivity contribution in [2.75, 3.05) is 0 Å². The highest BCUT2D eigenvalue weighted by Gasteiger charge is 2.02. The first kappa shape index (κ1) is 7.27. The fraction of sp³-hybridized carbons (Fsp3) is 0.467. The van der Waals surface area contributed by atoms with Crippen molar-refractivity contribution in [1.29, 1.82) is 0 Å². The van der Waals surface area contributed by atoms with Gasteiger partial charge in [-0.2, -0.15) is 0 Å². The third kappa shape index (κ3) is 4.33. The first-order valence-electron chi connectivity index (χ1n) is 7.96. The van der Waals surface area contributed by atoms with Gasteiger partial charge in [0.25, 0.3) is 0 Å². The van der Waals surface area contributed by atoms with Crippen LogP contribution in [0.1, 0.15) is 51.0 Å². The zero-order valence-electron chi connectivity index (χ0n) is 13.2. The van der Waals surface area contributed by atoms with Crippen LogP contribution in [0.25, 0.3) is 6.05 Å². The monoisotopic (exact) mass is 206 g/mol. The second-order valence-corrected chi connectivity index (χ2v) is 3.70. The highest BCUT2D eigenvalue weighted by molar-refractivity contribution is 5.52. The molecule has 0 heteroatoms. The van der Waals surface area contributed by atoms with E-state index in [1.54, 1.807) is 0 Å². The first-order valence-corrected chi connectivity index (χ1v) is 5.34. The standard InChI is InChI=1S/C15H22/c1-4-13(3)11-14(5-2)12-15-9-7-6-8-10-15/h6-10,12-13H,4-5,11H2,1-3H3/b14-12-/i1D,2D,3D,12D. The Labute approximate surface area is 99.6 Å². The quantitative estimate of drug-likeness (QED) is 0.641. The fourth-order valence-corrected chi connectivity index (χ4v) is 1.39. The summed E-state index contributed by atoms with van der Waals surface area (Å²) < 4.78 is 30.4. The summed E-state index contributed by atoms with van der Waals surface area (Å²) in [4.78, 5) is 0. The molecule has 0 N–H and O–H groups in total. The summed E-state index contributed by atoms with van der Waals surface area (Å²) in [6, 6.07) is 10.1. The van der Waals surface area contributed by atoms with E-state index in [0.717, 1.165) is 11.1 Å². The third-order valence-corrected chi connectivity index (χ3v) is 2.34. The van der Waals surface area contributed by atoms with Crippen molar-refractivity contribution in [3.63, 3.8) is 0 Å². The Balaban J connectivity index is 2.91. The van der Waals surface area contributed by atoms with Crippen LogP contribution in [0.3, 0.4) is 0 Å². The Morgan fingerprint density at radius 1 is 1.40 bits per heavy atom. The molecule has 0 saturated heterocycles. The van der Waals surface area contributed by atoms with Crippen LogP contribution in [-0.4, -0.2) is 0 Å². The molecule has 0 aliphatic carbocycles. The minimum Gasteiger partial charge on any atom is -0.0696 e. The van der Waals surface area contributed by atoms with Gasteiger partial charge < -0.3 is 0 Å².